The molecular formula is C11H22N2O. The molecule has 0 aromatic heterocycles. The molecule has 14 heavy (non-hydrogen) atoms. The Kier molecular flexibility index (Phi) is 4.39. The van der Waals surface area contributed by atoms with Crippen LogP contribution in [0.5, 0.6) is 0 Å². The van der Waals surface area contributed by atoms with Gasteiger partial charge < -0.3 is 11.1 Å². The van der Waals surface area contributed by atoms with Gasteiger partial charge in [0.1, 0.15) is 0 Å². The molecule has 0 aliphatic heterocycles. The van der Waals surface area contributed by atoms with Gasteiger partial charge in [-0.3, -0.25) is 4.79 Å². The Bertz CT molecular complexity index is 186. The van der Waals surface area contributed by atoms with Crippen molar-refractivity contribution < 1.29 is 4.79 Å². The van der Waals surface area contributed by atoms with E-state index in [1.807, 2.05) is 6.92 Å². The van der Waals surface area contributed by atoms with Crippen molar-refractivity contribution in [2.75, 3.05) is 0 Å². The first-order valence-corrected chi connectivity index (χ1v) is 5.69. The van der Waals surface area contributed by atoms with Crippen LogP contribution in [0.1, 0.15) is 46.0 Å². The molecule has 3 heteroatoms. The number of carbonyl (C=O) groups excluding carboxylic acids is 1. The molecule has 0 heterocycles. The molecule has 82 valence electrons. The van der Waals surface area contributed by atoms with Crippen molar-refractivity contribution in [3.63, 3.8) is 0 Å². The topological polar surface area (TPSA) is 55.1 Å². The number of nitrogens with one attached hydrogen (secondary N) is 1. The highest BCUT2D eigenvalue weighted by Gasteiger charge is 2.24. The van der Waals surface area contributed by atoms with Crippen LogP contribution in [0.4, 0.5) is 0 Å². The minimum Gasteiger partial charge on any atom is -0.353 e. The van der Waals surface area contributed by atoms with Crippen molar-refractivity contribution >= 4 is 5.91 Å². The minimum absolute atomic E-state index is 0.212. The van der Waals surface area contributed by atoms with E-state index in [1.165, 1.54) is 0 Å². The van der Waals surface area contributed by atoms with Crippen LogP contribution in [0.15, 0.2) is 0 Å². The third kappa shape index (κ3) is 3.29. The second-order valence-electron chi connectivity index (χ2n) is 4.43. The van der Waals surface area contributed by atoms with Crippen molar-refractivity contribution in [3.8, 4) is 0 Å². The van der Waals surface area contributed by atoms with Gasteiger partial charge in [0.2, 0.25) is 5.91 Å². The lowest BCUT2D eigenvalue weighted by molar-refractivity contribution is -0.126. The monoisotopic (exact) mass is 198 g/mol. The Balaban J connectivity index is 2.30. The van der Waals surface area contributed by atoms with E-state index in [0.717, 1.165) is 32.1 Å². The van der Waals surface area contributed by atoms with Gasteiger partial charge in [0.15, 0.2) is 0 Å². The summed E-state index contributed by atoms with van der Waals surface area (Å²) in [7, 11) is 0. The first kappa shape index (κ1) is 11.5. The summed E-state index contributed by atoms with van der Waals surface area (Å²) in [4.78, 5) is 11.7. The number of hydrogen-bond donors (Lipinski definition) is 2. The molecule has 0 radical (unpaired) electrons. The van der Waals surface area contributed by atoms with Crippen LogP contribution in [-0.2, 0) is 4.79 Å². The maximum absolute atomic E-state index is 11.7. The number of amides is 1. The number of carbonyl (C=O) groups is 1. The quantitative estimate of drug-likeness (QED) is 0.720. The van der Waals surface area contributed by atoms with Crippen molar-refractivity contribution in [2.45, 2.75) is 58.0 Å². The molecule has 0 aromatic rings. The second-order valence-corrected chi connectivity index (χ2v) is 4.43. The van der Waals surface area contributed by atoms with Crippen LogP contribution >= 0.6 is 0 Å². The van der Waals surface area contributed by atoms with Gasteiger partial charge in [-0.05, 0) is 39.0 Å². The smallest absolute Gasteiger partial charge is 0.223 e. The van der Waals surface area contributed by atoms with Crippen LogP contribution in [-0.4, -0.2) is 18.0 Å². The first-order valence-electron chi connectivity index (χ1n) is 5.69. The predicted octanol–water partition coefficient (Wildman–Crippen LogP) is 1.42. The average Bonchev–Trinajstić information content (AvgIpc) is 2.18. The largest absolute Gasteiger partial charge is 0.353 e. The normalized spacial score (nSPS) is 29.6. The lowest BCUT2D eigenvalue weighted by atomic mass is 9.86. The molecule has 1 rings (SSSR count). The van der Waals surface area contributed by atoms with Gasteiger partial charge in [-0.25, -0.2) is 0 Å². The van der Waals surface area contributed by atoms with Crippen LogP contribution in [0.3, 0.4) is 0 Å². The highest BCUT2D eigenvalue weighted by molar-refractivity contribution is 5.78. The molecule has 1 saturated carbocycles. The highest BCUT2D eigenvalue weighted by atomic mass is 16.1. The third-order valence-electron chi connectivity index (χ3n) is 3.14. The Morgan fingerprint density at radius 1 is 1.43 bits per heavy atom. The van der Waals surface area contributed by atoms with Gasteiger partial charge in [-0.15, -0.1) is 0 Å². The van der Waals surface area contributed by atoms with E-state index in [-0.39, 0.29) is 11.8 Å². The van der Waals surface area contributed by atoms with Crippen LogP contribution in [0, 0.1) is 5.92 Å². The Morgan fingerprint density at radius 3 is 2.50 bits per heavy atom. The van der Waals surface area contributed by atoms with Gasteiger partial charge in [0.25, 0.3) is 0 Å². The molecular weight excluding hydrogens is 176 g/mol. The van der Waals surface area contributed by atoms with E-state index in [4.69, 9.17) is 5.73 Å². The molecule has 1 fully saturated rings. The summed E-state index contributed by atoms with van der Waals surface area (Å²) in [6, 6.07) is 0.626. The number of rotatable bonds is 3. The average molecular weight is 198 g/mol. The maximum Gasteiger partial charge on any atom is 0.223 e. The van der Waals surface area contributed by atoms with Crippen molar-refractivity contribution in [3.05, 3.63) is 0 Å². The SMILES string of the molecule is CCC(C)NC(=O)C1CCC(N)CC1. The second kappa shape index (κ2) is 5.35. The van der Waals surface area contributed by atoms with Crippen molar-refractivity contribution in [2.24, 2.45) is 11.7 Å². The fourth-order valence-electron chi connectivity index (χ4n) is 1.84. The van der Waals surface area contributed by atoms with Crippen molar-refractivity contribution in [1.82, 2.24) is 5.32 Å². The predicted molar refractivity (Wildman–Crippen MR) is 57.8 cm³/mol. The number of nitrogens with two attached hydrogens (primary N) is 1. The zero-order valence-electron chi connectivity index (χ0n) is 9.25. The van der Waals surface area contributed by atoms with Crippen molar-refractivity contribution in [1.29, 1.82) is 0 Å². The summed E-state index contributed by atoms with van der Waals surface area (Å²) in [6.45, 7) is 4.13. The molecule has 1 atom stereocenters. The summed E-state index contributed by atoms with van der Waals surface area (Å²) in [5.74, 6) is 0.440. The van der Waals surface area contributed by atoms with Crippen LogP contribution in [0.2, 0.25) is 0 Å². The fourth-order valence-corrected chi connectivity index (χ4v) is 1.84. The number of hydrogen-bond acceptors (Lipinski definition) is 2. The summed E-state index contributed by atoms with van der Waals surface area (Å²) >= 11 is 0. The molecule has 0 saturated heterocycles. The minimum atomic E-state index is 0.212. The first-order chi connectivity index (χ1) is 6.63. The van der Waals surface area contributed by atoms with Gasteiger partial charge >= 0.3 is 0 Å². The van der Waals surface area contributed by atoms with Gasteiger partial charge in [0, 0.05) is 18.0 Å². The lowest BCUT2D eigenvalue weighted by Gasteiger charge is -2.26. The van der Waals surface area contributed by atoms with E-state index in [9.17, 15) is 4.79 Å². The Morgan fingerprint density at radius 2 is 2.00 bits per heavy atom. The Hall–Kier alpha value is -0.570. The Labute approximate surface area is 86.4 Å². The maximum atomic E-state index is 11.7. The molecule has 0 aromatic carbocycles. The summed E-state index contributed by atoms with van der Waals surface area (Å²) in [6.07, 6.45) is 4.92. The summed E-state index contributed by atoms with van der Waals surface area (Å²) in [5, 5.41) is 3.03. The molecule has 1 unspecified atom stereocenters. The molecule has 1 aliphatic carbocycles. The molecule has 1 amide bonds. The molecule has 1 aliphatic rings. The molecule has 0 spiro atoms. The van der Waals surface area contributed by atoms with E-state index < -0.39 is 0 Å². The van der Waals surface area contributed by atoms with E-state index in [2.05, 4.69) is 12.2 Å². The summed E-state index contributed by atoms with van der Waals surface area (Å²) < 4.78 is 0. The molecule has 3 N–H and O–H groups in total. The highest BCUT2D eigenvalue weighted by Crippen LogP contribution is 2.23. The standard InChI is InChI=1S/C11H22N2O/c1-3-8(2)13-11(14)9-4-6-10(12)7-5-9/h8-10H,3-7,12H2,1-2H3,(H,13,14). The lowest BCUT2D eigenvalue weighted by Crippen LogP contribution is -2.39. The van der Waals surface area contributed by atoms with Gasteiger partial charge in [-0.1, -0.05) is 6.92 Å². The summed E-state index contributed by atoms with van der Waals surface area (Å²) in [5.41, 5.74) is 5.79. The zero-order chi connectivity index (χ0) is 10.6. The van der Waals surface area contributed by atoms with Crippen LogP contribution in [0.25, 0.3) is 0 Å². The van der Waals surface area contributed by atoms with Gasteiger partial charge in [-0.2, -0.15) is 0 Å². The third-order valence-corrected chi connectivity index (χ3v) is 3.14. The fraction of sp³-hybridized carbons (Fsp3) is 0.909. The molecule has 3 nitrogen and oxygen atoms in total. The molecule has 0 bridgehead atoms. The van der Waals surface area contributed by atoms with E-state index in [1.54, 1.807) is 0 Å². The van der Waals surface area contributed by atoms with Crippen LogP contribution < -0.4 is 11.1 Å². The van der Waals surface area contributed by atoms with E-state index >= 15 is 0 Å². The zero-order valence-corrected chi connectivity index (χ0v) is 9.25. The van der Waals surface area contributed by atoms with Gasteiger partial charge in [0.05, 0.1) is 0 Å². The van der Waals surface area contributed by atoms with E-state index in [0.29, 0.717) is 12.1 Å².